The predicted molar refractivity (Wildman–Crippen MR) is 92.4 cm³/mol. The van der Waals surface area contributed by atoms with Crippen LogP contribution < -0.4 is 5.32 Å². The van der Waals surface area contributed by atoms with Crippen molar-refractivity contribution >= 4 is 29.1 Å². The summed E-state index contributed by atoms with van der Waals surface area (Å²) in [5, 5.41) is 2.06. The summed E-state index contributed by atoms with van der Waals surface area (Å²) in [6, 6.07) is 4.75. The molecule has 2 aromatic rings. The Hall–Kier alpha value is -2.48. The molecule has 1 N–H and O–H groups in total. The quantitative estimate of drug-likeness (QED) is 0.828. The summed E-state index contributed by atoms with van der Waals surface area (Å²) in [6.07, 6.45) is -0.730. The molecule has 0 saturated carbocycles. The molecule has 2 heterocycles. The Morgan fingerprint density at radius 1 is 1.26 bits per heavy atom. The molecular weight excluding hydrogens is 385 g/mol. The lowest BCUT2D eigenvalue weighted by atomic mass is 9.96. The van der Waals surface area contributed by atoms with Gasteiger partial charge in [0.1, 0.15) is 6.26 Å². The highest BCUT2D eigenvalue weighted by Crippen LogP contribution is 2.36. The van der Waals surface area contributed by atoms with Crippen molar-refractivity contribution in [3.05, 3.63) is 52.9 Å². The monoisotopic (exact) mass is 400 g/mol. The maximum absolute atomic E-state index is 12.9. The van der Waals surface area contributed by atoms with Gasteiger partial charge in [0.15, 0.2) is 0 Å². The summed E-state index contributed by atoms with van der Waals surface area (Å²) in [5.74, 6) is -1.19. The normalized spacial score (nSPS) is 17.6. The van der Waals surface area contributed by atoms with E-state index in [0.717, 1.165) is 12.1 Å². The van der Waals surface area contributed by atoms with Crippen LogP contribution in [0, 0.1) is 5.92 Å². The molecule has 0 bridgehead atoms. The second-order valence-electron chi connectivity index (χ2n) is 6.28. The molecule has 1 atom stereocenters. The number of rotatable bonds is 3. The van der Waals surface area contributed by atoms with Crippen molar-refractivity contribution < 1.29 is 27.2 Å². The molecule has 3 rings (SSSR count). The number of nitrogens with one attached hydrogen (secondary N) is 1. The maximum Gasteiger partial charge on any atom is 0.417 e. The number of anilines is 1. The zero-order valence-corrected chi connectivity index (χ0v) is 14.8. The molecule has 1 aliphatic rings. The molecule has 1 aliphatic heterocycles. The fourth-order valence-electron chi connectivity index (χ4n) is 3.01. The molecular formula is C18H16ClF3N2O3. The van der Waals surface area contributed by atoms with Crippen molar-refractivity contribution in [3.8, 4) is 0 Å². The third kappa shape index (κ3) is 4.44. The molecule has 0 spiro atoms. The zero-order chi connectivity index (χ0) is 19.6. The van der Waals surface area contributed by atoms with Gasteiger partial charge in [-0.2, -0.15) is 13.2 Å². The van der Waals surface area contributed by atoms with Gasteiger partial charge in [0.25, 0.3) is 5.91 Å². The minimum Gasteiger partial charge on any atom is -0.472 e. The van der Waals surface area contributed by atoms with E-state index in [1.54, 1.807) is 11.0 Å². The van der Waals surface area contributed by atoms with Crippen LogP contribution in [0.25, 0.3) is 0 Å². The minimum atomic E-state index is -4.61. The highest BCUT2D eigenvalue weighted by atomic mass is 35.5. The van der Waals surface area contributed by atoms with Crippen molar-refractivity contribution in [2.45, 2.75) is 19.0 Å². The van der Waals surface area contributed by atoms with Crippen molar-refractivity contribution in [2.24, 2.45) is 5.92 Å². The van der Waals surface area contributed by atoms with E-state index in [1.165, 1.54) is 18.6 Å². The number of likely N-dealkylation sites (tertiary alicyclic amines) is 1. The number of furan rings is 1. The first-order valence-corrected chi connectivity index (χ1v) is 8.62. The van der Waals surface area contributed by atoms with E-state index in [2.05, 4.69) is 5.32 Å². The first kappa shape index (κ1) is 19.3. The second-order valence-corrected chi connectivity index (χ2v) is 6.69. The Labute approximate surface area is 158 Å². The van der Waals surface area contributed by atoms with Crippen LogP contribution in [0.15, 0.2) is 41.2 Å². The molecule has 1 aromatic heterocycles. The van der Waals surface area contributed by atoms with Crippen LogP contribution in [0.4, 0.5) is 18.9 Å². The Balaban J connectivity index is 1.68. The second kappa shape index (κ2) is 7.64. The van der Waals surface area contributed by atoms with E-state index in [4.69, 9.17) is 16.0 Å². The van der Waals surface area contributed by atoms with E-state index in [9.17, 15) is 22.8 Å². The zero-order valence-electron chi connectivity index (χ0n) is 14.1. The molecule has 27 heavy (non-hydrogen) atoms. The van der Waals surface area contributed by atoms with E-state index < -0.39 is 28.6 Å². The number of alkyl halides is 3. The number of amides is 2. The van der Waals surface area contributed by atoms with Gasteiger partial charge in [-0.3, -0.25) is 9.59 Å². The fraction of sp³-hybridized carbons (Fsp3) is 0.333. The molecule has 9 heteroatoms. The summed E-state index contributed by atoms with van der Waals surface area (Å²) in [4.78, 5) is 26.4. The van der Waals surface area contributed by atoms with Crippen LogP contribution in [0.2, 0.25) is 5.02 Å². The number of carbonyl (C=O) groups is 2. The average Bonchev–Trinajstić information content (AvgIpc) is 3.16. The van der Waals surface area contributed by atoms with Gasteiger partial charge >= 0.3 is 6.18 Å². The van der Waals surface area contributed by atoms with Crippen LogP contribution in [-0.4, -0.2) is 29.8 Å². The van der Waals surface area contributed by atoms with E-state index in [-0.39, 0.29) is 18.1 Å². The number of halogens is 4. The molecule has 5 nitrogen and oxygen atoms in total. The summed E-state index contributed by atoms with van der Waals surface area (Å²) in [7, 11) is 0. The highest BCUT2D eigenvalue weighted by Gasteiger charge is 2.34. The van der Waals surface area contributed by atoms with Crippen LogP contribution in [0.1, 0.15) is 28.8 Å². The van der Waals surface area contributed by atoms with Gasteiger partial charge < -0.3 is 14.6 Å². The van der Waals surface area contributed by atoms with Crippen molar-refractivity contribution in [3.63, 3.8) is 0 Å². The van der Waals surface area contributed by atoms with E-state index >= 15 is 0 Å². The molecule has 144 valence electrons. The van der Waals surface area contributed by atoms with Crippen LogP contribution >= 0.6 is 11.6 Å². The van der Waals surface area contributed by atoms with Crippen molar-refractivity contribution in [1.29, 1.82) is 0 Å². The summed E-state index contributed by atoms with van der Waals surface area (Å²) >= 11 is 5.58. The number of carbonyl (C=O) groups excluding carboxylic acids is 2. The summed E-state index contributed by atoms with van der Waals surface area (Å²) < 4.78 is 43.7. The third-order valence-electron chi connectivity index (χ3n) is 4.39. The van der Waals surface area contributed by atoms with E-state index in [0.29, 0.717) is 24.9 Å². The summed E-state index contributed by atoms with van der Waals surface area (Å²) in [6.45, 7) is 0.697. The van der Waals surface area contributed by atoms with Crippen molar-refractivity contribution in [2.75, 3.05) is 18.4 Å². The van der Waals surface area contributed by atoms with Crippen LogP contribution in [-0.2, 0) is 11.0 Å². The average molecular weight is 401 g/mol. The molecule has 2 amide bonds. The van der Waals surface area contributed by atoms with Gasteiger partial charge in [-0.25, -0.2) is 0 Å². The predicted octanol–water partition coefficient (Wildman–Crippen LogP) is 4.44. The van der Waals surface area contributed by atoms with Gasteiger partial charge in [0.05, 0.1) is 28.3 Å². The highest BCUT2D eigenvalue weighted by molar-refractivity contribution is 6.31. The summed E-state index contributed by atoms with van der Waals surface area (Å²) in [5.41, 5.74) is -0.610. The van der Waals surface area contributed by atoms with Gasteiger partial charge in [0.2, 0.25) is 5.91 Å². The Kier molecular flexibility index (Phi) is 5.46. The minimum absolute atomic E-state index is 0.00927. The topological polar surface area (TPSA) is 62.6 Å². The first-order chi connectivity index (χ1) is 12.8. The van der Waals surface area contributed by atoms with Gasteiger partial charge in [-0.1, -0.05) is 11.6 Å². The van der Waals surface area contributed by atoms with Crippen LogP contribution in [0.3, 0.4) is 0 Å². The molecule has 1 saturated heterocycles. The lowest BCUT2D eigenvalue weighted by Gasteiger charge is -2.31. The smallest absolute Gasteiger partial charge is 0.417 e. The van der Waals surface area contributed by atoms with Gasteiger partial charge in [-0.15, -0.1) is 0 Å². The Morgan fingerprint density at radius 2 is 2.04 bits per heavy atom. The lowest BCUT2D eigenvalue weighted by Crippen LogP contribution is -2.43. The molecule has 0 aliphatic carbocycles. The first-order valence-electron chi connectivity index (χ1n) is 8.25. The Morgan fingerprint density at radius 3 is 2.70 bits per heavy atom. The molecule has 1 fully saturated rings. The van der Waals surface area contributed by atoms with Gasteiger partial charge in [0, 0.05) is 18.8 Å². The number of piperidine rings is 1. The van der Waals surface area contributed by atoms with E-state index in [1.807, 2.05) is 0 Å². The van der Waals surface area contributed by atoms with Gasteiger partial charge in [-0.05, 0) is 37.1 Å². The fourth-order valence-corrected chi connectivity index (χ4v) is 3.23. The standard InChI is InChI=1S/C18H16ClF3N2O3/c19-15-4-3-13(8-14(15)18(20,21)22)23-16(25)11-2-1-6-24(9-11)17(26)12-5-7-27-10-12/h3-5,7-8,10-11H,1-2,6,9H2,(H,23,25). The largest absolute Gasteiger partial charge is 0.472 e. The number of nitrogens with zero attached hydrogens (tertiary/aromatic N) is 1. The lowest BCUT2D eigenvalue weighted by molar-refractivity contribution is -0.137. The molecule has 0 radical (unpaired) electrons. The molecule has 1 aromatic carbocycles. The third-order valence-corrected chi connectivity index (χ3v) is 4.72. The SMILES string of the molecule is O=C(Nc1ccc(Cl)c(C(F)(F)F)c1)C1CCCN(C(=O)c2ccoc2)C1. The maximum atomic E-state index is 12.9. The number of hydrogen-bond acceptors (Lipinski definition) is 3. The Bertz CT molecular complexity index is 837. The van der Waals surface area contributed by atoms with Crippen LogP contribution in [0.5, 0.6) is 0 Å². The van der Waals surface area contributed by atoms with Crippen molar-refractivity contribution in [1.82, 2.24) is 4.90 Å². The molecule has 1 unspecified atom stereocenters. The number of hydrogen-bond donors (Lipinski definition) is 1. The number of benzene rings is 1.